The van der Waals surface area contributed by atoms with Crippen LogP contribution < -0.4 is 4.90 Å². The van der Waals surface area contributed by atoms with Crippen molar-refractivity contribution in [3.63, 3.8) is 0 Å². The van der Waals surface area contributed by atoms with Gasteiger partial charge in [0, 0.05) is 37.2 Å². The summed E-state index contributed by atoms with van der Waals surface area (Å²) in [7, 11) is 0. The van der Waals surface area contributed by atoms with Crippen molar-refractivity contribution in [2.24, 2.45) is 0 Å². The number of benzene rings is 1. The molecule has 3 heterocycles. The third-order valence-electron chi connectivity index (χ3n) is 4.38. The fourth-order valence-electron chi connectivity index (χ4n) is 3.03. The highest BCUT2D eigenvalue weighted by Crippen LogP contribution is 2.25. The van der Waals surface area contributed by atoms with Gasteiger partial charge in [0.05, 0.1) is 5.01 Å². The Bertz CT molecular complexity index is 864. The second kappa shape index (κ2) is 6.72. The average Bonchev–Trinajstić information content (AvgIpc) is 3.31. The number of piperazine rings is 1. The molecule has 1 fully saturated rings. The minimum Gasteiger partial charge on any atom is -0.449 e. The number of furan rings is 1. The minimum atomic E-state index is -0.0501. The summed E-state index contributed by atoms with van der Waals surface area (Å²) in [4.78, 5) is 21.2. The highest BCUT2D eigenvalue weighted by atomic mass is 32.1. The van der Waals surface area contributed by atoms with E-state index in [1.54, 1.807) is 17.4 Å². The van der Waals surface area contributed by atoms with Crippen LogP contribution >= 0.6 is 11.3 Å². The van der Waals surface area contributed by atoms with Crippen LogP contribution in [-0.4, -0.2) is 42.0 Å². The lowest BCUT2D eigenvalue weighted by molar-refractivity contribution is 0.0715. The zero-order valence-electron chi connectivity index (χ0n) is 14.0. The van der Waals surface area contributed by atoms with Crippen molar-refractivity contribution < 1.29 is 9.21 Å². The number of para-hydroxylation sites is 1. The molecule has 1 aliphatic rings. The fraction of sp³-hybridized carbons (Fsp3) is 0.263. The molecule has 1 amide bonds. The quantitative estimate of drug-likeness (QED) is 0.721. The van der Waals surface area contributed by atoms with Gasteiger partial charge >= 0.3 is 0 Å². The number of carbonyl (C=O) groups excluding carboxylic acids is 1. The molecule has 5 nitrogen and oxygen atoms in total. The van der Waals surface area contributed by atoms with Crippen LogP contribution in [0.3, 0.4) is 0 Å². The number of rotatable bonds is 3. The van der Waals surface area contributed by atoms with E-state index < -0.39 is 0 Å². The third-order valence-corrected chi connectivity index (χ3v) is 5.15. The molecule has 6 heteroatoms. The molecule has 128 valence electrons. The van der Waals surface area contributed by atoms with Gasteiger partial charge in [-0.3, -0.25) is 4.79 Å². The summed E-state index contributed by atoms with van der Waals surface area (Å²) < 4.78 is 5.75. The van der Waals surface area contributed by atoms with Gasteiger partial charge in [0.2, 0.25) is 0 Å². The first kappa shape index (κ1) is 15.9. The largest absolute Gasteiger partial charge is 0.449 e. The molecule has 25 heavy (non-hydrogen) atoms. The van der Waals surface area contributed by atoms with Crippen molar-refractivity contribution in [3.05, 3.63) is 58.6 Å². The van der Waals surface area contributed by atoms with Gasteiger partial charge in [-0.1, -0.05) is 18.2 Å². The number of nitrogens with zero attached hydrogens (tertiary/aromatic N) is 3. The molecule has 0 radical (unpaired) electrons. The van der Waals surface area contributed by atoms with Crippen molar-refractivity contribution in [3.8, 4) is 11.5 Å². The van der Waals surface area contributed by atoms with Gasteiger partial charge in [0.25, 0.3) is 5.91 Å². The fourth-order valence-corrected chi connectivity index (χ4v) is 3.63. The maximum absolute atomic E-state index is 12.7. The number of hydrogen-bond acceptors (Lipinski definition) is 5. The Labute approximate surface area is 150 Å². The topological polar surface area (TPSA) is 49.6 Å². The predicted octanol–water partition coefficient (Wildman–Crippen LogP) is 3.67. The number of aromatic nitrogens is 1. The predicted molar refractivity (Wildman–Crippen MR) is 99.1 cm³/mol. The summed E-state index contributed by atoms with van der Waals surface area (Å²) >= 11 is 1.57. The number of anilines is 1. The van der Waals surface area contributed by atoms with Gasteiger partial charge in [-0.15, -0.1) is 11.3 Å². The monoisotopic (exact) mass is 353 g/mol. The summed E-state index contributed by atoms with van der Waals surface area (Å²) in [5, 5.41) is 2.93. The highest BCUT2D eigenvalue weighted by molar-refractivity contribution is 7.09. The maximum atomic E-state index is 12.7. The molecular weight excluding hydrogens is 334 g/mol. The van der Waals surface area contributed by atoms with Crippen molar-refractivity contribution in [2.75, 3.05) is 31.1 Å². The SMILES string of the molecule is Cc1nc(-c2ccc(C(=O)N3CCN(c4ccccc4)CC3)o2)cs1. The van der Waals surface area contributed by atoms with Crippen LogP contribution in [0.5, 0.6) is 0 Å². The van der Waals surface area contributed by atoms with Crippen molar-refractivity contribution in [2.45, 2.75) is 6.92 Å². The molecule has 0 spiro atoms. The Morgan fingerprint density at radius 2 is 1.84 bits per heavy atom. The molecule has 0 unspecified atom stereocenters. The summed E-state index contributed by atoms with van der Waals surface area (Å²) in [6.07, 6.45) is 0. The summed E-state index contributed by atoms with van der Waals surface area (Å²) in [6.45, 7) is 5.00. The van der Waals surface area contributed by atoms with Crippen molar-refractivity contribution >= 4 is 22.9 Å². The van der Waals surface area contributed by atoms with E-state index in [1.165, 1.54) is 5.69 Å². The molecule has 0 saturated carbocycles. The lowest BCUT2D eigenvalue weighted by Gasteiger charge is -2.35. The van der Waals surface area contributed by atoms with Crippen LogP contribution in [0, 0.1) is 6.92 Å². The Hall–Kier alpha value is -2.60. The van der Waals surface area contributed by atoms with Crippen LogP contribution in [0.15, 0.2) is 52.3 Å². The van der Waals surface area contributed by atoms with E-state index in [4.69, 9.17) is 4.42 Å². The standard InChI is InChI=1S/C19H19N3O2S/c1-14-20-16(13-25-14)17-7-8-18(24-17)19(23)22-11-9-21(10-12-22)15-5-3-2-4-6-15/h2-8,13H,9-12H2,1H3. The van der Waals surface area contributed by atoms with Crippen LogP contribution in [0.25, 0.3) is 11.5 Å². The average molecular weight is 353 g/mol. The molecule has 1 saturated heterocycles. The molecule has 0 N–H and O–H groups in total. The molecule has 0 bridgehead atoms. The van der Waals surface area contributed by atoms with Gasteiger partial charge in [-0.25, -0.2) is 4.98 Å². The Kier molecular flexibility index (Phi) is 4.28. The molecule has 2 aromatic heterocycles. The maximum Gasteiger partial charge on any atom is 0.289 e. The van der Waals surface area contributed by atoms with Crippen molar-refractivity contribution in [1.82, 2.24) is 9.88 Å². The van der Waals surface area contributed by atoms with Gasteiger partial charge < -0.3 is 14.2 Å². The summed E-state index contributed by atoms with van der Waals surface area (Å²) in [5.74, 6) is 0.982. The molecule has 3 aromatic rings. The molecule has 1 aliphatic heterocycles. The van der Waals surface area contributed by atoms with Gasteiger partial charge in [-0.05, 0) is 31.2 Å². The second-order valence-corrected chi connectivity index (χ2v) is 7.09. The van der Waals surface area contributed by atoms with E-state index in [0.717, 1.165) is 23.8 Å². The molecule has 0 aliphatic carbocycles. The van der Waals surface area contributed by atoms with E-state index in [0.29, 0.717) is 24.6 Å². The van der Waals surface area contributed by atoms with Gasteiger partial charge in [0.15, 0.2) is 11.5 Å². The van der Waals surface area contributed by atoms with Gasteiger partial charge in [-0.2, -0.15) is 0 Å². The number of hydrogen-bond donors (Lipinski definition) is 0. The third kappa shape index (κ3) is 3.30. The van der Waals surface area contributed by atoms with Crippen LogP contribution in [0.1, 0.15) is 15.6 Å². The van der Waals surface area contributed by atoms with Crippen LogP contribution in [0.2, 0.25) is 0 Å². The van der Waals surface area contributed by atoms with Crippen molar-refractivity contribution in [1.29, 1.82) is 0 Å². The van der Waals surface area contributed by atoms with Gasteiger partial charge in [0.1, 0.15) is 5.69 Å². The van der Waals surface area contributed by atoms with Crippen LogP contribution in [-0.2, 0) is 0 Å². The number of thiazole rings is 1. The lowest BCUT2D eigenvalue weighted by Crippen LogP contribution is -2.48. The molecule has 0 atom stereocenters. The summed E-state index contributed by atoms with van der Waals surface area (Å²) in [6, 6.07) is 13.9. The van der Waals surface area contributed by atoms with E-state index in [9.17, 15) is 4.79 Å². The Balaban J connectivity index is 1.42. The zero-order chi connectivity index (χ0) is 17.2. The van der Waals surface area contributed by atoms with E-state index in [2.05, 4.69) is 22.0 Å². The zero-order valence-corrected chi connectivity index (χ0v) is 14.8. The molecular formula is C19H19N3O2S. The minimum absolute atomic E-state index is 0.0501. The van der Waals surface area contributed by atoms with E-state index in [-0.39, 0.29) is 5.91 Å². The number of aryl methyl sites for hydroxylation is 1. The van der Waals surface area contributed by atoms with Crippen LogP contribution in [0.4, 0.5) is 5.69 Å². The molecule has 4 rings (SSSR count). The Morgan fingerprint density at radius 3 is 2.52 bits per heavy atom. The normalized spacial score (nSPS) is 14.8. The highest BCUT2D eigenvalue weighted by Gasteiger charge is 2.24. The smallest absolute Gasteiger partial charge is 0.289 e. The first-order chi connectivity index (χ1) is 12.2. The molecule has 1 aromatic carbocycles. The number of carbonyl (C=O) groups is 1. The van der Waals surface area contributed by atoms with E-state index in [1.807, 2.05) is 41.5 Å². The second-order valence-electron chi connectivity index (χ2n) is 6.03. The summed E-state index contributed by atoms with van der Waals surface area (Å²) in [5.41, 5.74) is 1.99. The lowest BCUT2D eigenvalue weighted by atomic mass is 10.2. The Morgan fingerprint density at radius 1 is 1.08 bits per heavy atom. The first-order valence-electron chi connectivity index (χ1n) is 8.32. The van der Waals surface area contributed by atoms with E-state index >= 15 is 0 Å². The first-order valence-corrected chi connectivity index (χ1v) is 9.20. The number of amides is 1.